The molecule has 1 saturated heterocycles. The Morgan fingerprint density at radius 1 is 1.07 bits per heavy atom. The van der Waals surface area contributed by atoms with Gasteiger partial charge in [0.15, 0.2) is 5.79 Å². The minimum absolute atomic E-state index is 0.197. The van der Waals surface area contributed by atoms with Crippen LogP contribution < -0.4 is 0 Å². The van der Waals surface area contributed by atoms with E-state index in [0.717, 1.165) is 12.6 Å². The summed E-state index contributed by atoms with van der Waals surface area (Å²) in [5, 5.41) is 0. The third-order valence-electron chi connectivity index (χ3n) is 2.90. The van der Waals surface area contributed by atoms with Gasteiger partial charge in [-0.3, -0.25) is 0 Å². The van der Waals surface area contributed by atoms with Crippen LogP contribution in [0.2, 0.25) is 0 Å². The molecule has 1 aliphatic heterocycles. The Morgan fingerprint density at radius 3 is 1.86 bits per heavy atom. The van der Waals surface area contributed by atoms with Crippen molar-refractivity contribution in [3.8, 4) is 0 Å². The minimum atomic E-state index is -0.668. The standard InChI is InChI=1S/C10H14O4/c1-10(2)13-8-6(4-11)3-7(5-12)9(8)14-10/h4-9H,3H2,1-2H3/t6-,7+,8-,9+. The number of ether oxygens (including phenoxy) is 2. The number of hydrogen-bond donors (Lipinski definition) is 0. The van der Waals surface area contributed by atoms with Gasteiger partial charge in [-0.2, -0.15) is 0 Å². The quantitative estimate of drug-likeness (QED) is 0.608. The van der Waals surface area contributed by atoms with Gasteiger partial charge in [-0.25, -0.2) is 0 Å². The van der Waals surface area contributed by atoms with Crippen molar-refractivity contribution in [1.29, 1.82) is 0 Å². The molecule has 0 amide bonds. The second-order valence-corrected chi connectivity index (χ2v) is 4.40. The normalized spacial score (nSPS) is 44.7. The maximum atomic E-state index is 10.8. The zero-order chi connectivity index (χ0) is 10.3. The Bertz CT molecular complexity index is 237. The Hall–Kier alpha value is -0.740. The average Bonchev–Trinajstić information content (AvgIpc) is 2.57. The van der Waals surface area contributed by atoms with Gasteiger partial charge in [-0.15, -0.1) is 0 Å². The van der Waals surface area contributed by atoms with Gasteiger partial charge in [0, 0.05) is 11.8 Å². The maximum absolute atomic E-state index is 10.8. The molecule has 2 rings (SSSR count). The van der Waals surface area contributed by atoms with Crippen molar-refractivity contribution in [3.63, 3.8) is 0 Å². The van der Waals surface area contributed by atoms with Gasteiger partial charge >= 0.3 is 0 Å². The van der Waals surface area contributed by atoms with Crippen LogP contribution in [0.4, 0.5) is 0 Å². The molecule has 0 bridgehead atoms. The zero-order valence-corrected chi connectivity index (χ0v) is 8.30. The monoisotopic (exact) mass is 198 g/mol. The molecule has 4 heteroatoms. The van der Waals surface area contributed by atoms with Gasteiger partial charge in [0.1, 0.15) is 12.6 Å². The van der Waals surface area contributed by atoms with E-state index in [1.54, 1.807) is 13.8 Å². The van der Waals surface area contributed by atoms with Crippen molar-refractivity contribution in [1.82, 2.24) is 0 Å². The molecule has 0 aromatic rings. The second-order valence-electron chi connectivity index (χ2n) is 4.40. The molecule has 0 radical (unpaired) electrons. The lowest BCUT2D eigenvalue weighted by atomic mass is 10.1. The fourth-order valence-electron chi connectivity index (χ4n) is 2.33. The molecular weight excluding hydrogens is 184 g/mol. The Labute approximate surface area is 82.6 Å². The topological polar surface area (TPSA) is 52.6 Å². The summed E-state index contributed by atoms with van der Waals surface area (Å²) >= 11 is 0. The third kappa shape index (κ3) is 1.38. The Morgan fingerprint density at radius 2 is 1.50 bits per heavy atom. The lowest BCUT2D eigenvalue weighted by molar-refractivity contribution is -0.162. The molecule has 1 heterocycles. The highest BCUT2D eigenvalue weighted by Crippen LogP contribution is 2.43. The molecule has 2 fully saturated rings. The number of carbonyl (C=O) groups excluding carboxylic acids is 2. The molecular formula is C10H14O4. The fraction of sp³-hybridized carbons (Fsp3) is 0.800. The summed E-state index contributed by atoms with van der Waals surface area (Å²) in [6.07, 6.45) is 1.81. The predicted octanol–water partition coefficient (Wildman–Crippen LogP) is 0.540. The first-order valence-electron chi connectivity index (χ1n) is 4.83. The van der Waals surface area contributed by atoms with Gasteiger partial charge in [-0.05, 0) is 20.3 Å². The van der Waals surface area contributed by atoms with Crippen molar-refractivity contribution < 1.29 is 19.1 Å². The first-order valence-corrected chi connectivity index (χ1v) is 4.83. The Kier molecular flexibility index (Phi) is 2.20. The largest absolute Gasteiger partial charge is 0.344 e. The summed E-state index contributed by atoms with van der Waals surface area (Å²) in [5.74, 6) is -1.06. The first kappa shape index (κ1) is 9.80. The van der Waals surface area contributed by atoms with E-state index < -0.39 is 5.79 Å². The van der Waals surface area contributed by atoms with E-state index in [4.69, 9.17) is 9.47 Å². The summed E-state index contributed by atoms with van der Waals surface area (Å²) < 4.78 is 11.2. The number of carbonyl (C=O) groups is 2. The Balaban J connectivity index is 2.20. The molecule has 1 aliphatic carbocycles. The molecule has 2 aliphatic rings. The molecule has 4 nitrogen and oxygen atoms in total. The summed E-state index contributed by atoms with van der Waals surface area (Å²) in [4.78, 5) is 21.5. The number of hydrogen-bond acceptors (Lipinski definition) is 4. The van der Waals surface area contributed by atoms with E-state index in [9.17, 15) is 9.59 Å². The highest BCUT2D eigenvalue weighted by Gasteiger charge is 2.53. The molecule has 78 valence electrons. The van der Waals surface area contributed by atoms with Gasteiger partial charge in [0.2, 0.25) is 0 Å². The number of aldehydes is 2. The number of fused-ring (bicyclic) bond motifs is 1. The maximum Gasteiger partial charge on any atom is 0.163 e. The summed E-state index contributed by atoms with van der Waals surface area (Å²) in [5.41, 5.74) is 0. The van der Waals surface area contributed by atoms with Crippen LogP contribution in [0.5, 0.6) is 0 Å². The van der Waals surface area contributed by atoms with Crippen molar-refractivity contribution in [3.05, 3.63) is 0 Å². The smallest absolute Gasteiger partial charge is 0.163 e. The van der Waals surface area contributed by atoms with E-state index in [2.05, 4.69) is 0 Å². The molecule has 0 aromatic heterocycles. The lowest BCUT2D eigenvalue weighted by Gasteiger charge is -2.20. The second kappa shape index (κ2) is 3.14. The van der Waals surface area contributed by atoms with E-state index in [1.807, 2.05) is 0 Å². The zero-order valence-electron chi connectivity index (χ0n) is 8.30. The van der Waals surface area contributed by atoms with Crippen LogP contribution in [-0.2, 0) is 19.1 Å². The van der Waals surface area contributed by atoms with Gasteiger partial charge < -0.3 is 19.1 Å². The minimum Gasteiger partial charge on any atom is -0.344 e. The molecule has 0 spiro atoms. The van der Waals surface area contributed by atoms with E-state index in [0.29, 0.717) is 6.42 Å². The molecule has 0 aromatic carbocycles. The molecule has 4 atom stereocenters. The SMILES string of the molecule is CC1(C)O[C@@H]2[C@H](O1)[C@@H](C=O)C[C@H]2C=O. The van der Waals surface area contributed by atoms with Crippen LogP contribution in [0.3, 0.4) is 0 Å². The van der Waals surface area contributed by atoms with Gasteiger partial charge in [0.05, 0.1) is 12.2 Å². The third-order valence-corrected chi connectivity index (χ3v) is 2.90. The molecule has 14 heavy (non-hydrogen) atoms. The van der Waals surface area contributed by atoms with Crippen molar-refractivity contribution in [2.24, 2.45) is 11.8 Å². The highest BCUT2D eigenvalue weighted by atomic mass is 16.8. The summed E-state index contributed by atoms with van der Waals surface area (Å²) in [6, 6.07) is 0. The highest BCUT2D eigenvalue weighted by molar-refractivity contribution is 5.62. The van der Waals surface area contributed by atoms with E-state index in [-0.39, 0.29) is 24.0 Å². The van der Waals surface area contributed by atoms with E-state index in [1.165, 1.54) is 0 Å². The van der Waals surface area contributed by atoms with Crippen LogP contribution in [0.15, 0.2) is 0 Å². The van der Waals surface area contributed by atoms with Crippen LogP contribution in [0.1, 0.15) is 20.3 Å². The predicted molar refractivity (Wildman–Crippen MR) is 47.6 cm³/mol. The van der Waals surface area contributed by atoms with Crippen LogP contribution in [0, 0.1) is 11.8 Å². The molecule has 0 unspecified atom stereocenters. The van der Waals surface area contributed by atoms with Crippen molar-refractivity contribution in [2.45, 2.75) is 38.3 Å². The van der Waals surface area contributed by atoms with Crippen LogP contribution >= 0.6 is 0 Å². The van der Waals surface area contributed by atoms with E-state index >= 15 is 0 Å². The van der Waals surface area contributed by atoms with Gasteiger partial charge in [-0.1, -0.05) is 0 Å². The number of rotatable bonds is 2. The average molecular weight is 198 g/mol. The molecule has 0 N–H and O–H groups in total. The van der Waals surface area contributed by atoms with Crippen LogP contribution in [-0.4, -0.2) is 30.6 Å². The lowest BCUT2D eigenvalue weighted by Crippen LogP contribution is -2.26. The van der Waals surface area contributed by atoms with Gasteiger partial charge in [0.25, 0.3) is 0 Å². The summed E-state index contributed by atoms with van der Waals surface area (Å²) in [6.45, 7) is 3.60. The molecule has 1 saturated carbocycles. The summed E-state index contributed by atoms with van der Waals surface area (Å²) in [7, 11) is 0. The fourth-order valence-corrected chi connectivity index (χ4v) is 2.33. The van der Waals surface area contributed by atoms with Crippen molar-refractivity contribution >= 4 is 12.6 Å². The van der Waals surface area contributed by atoms with Crippen molar-refractivity contribution in [2.75, 3.05) is 0 Å². The first-order chi connectivity index (χ1) is 6.57. The van der Waals surface area contributed by atoms with Crippen LogP contribution in [0.25, 0.3) is 0 Å².